The minimum Gasteiger partial charge on any atom is -0.366 e. The van der Waals surface area contributed by atoms with E-state index in [1.807, 2.05) is 18.2 Å². The summed E-state index contributed by atoms with van der Waals surface area (Å²) in [6.07, 6.45) is 2.13. The van der Waals surface area contributed by atoms with E-state index in [2.05, 4.69) is 0 Å². The van der Waals surface area contributed by atoms with Crippen molar-refractivity contribution in [3.8, 4) is 0 Å². The van der Waals surface area contributed by atoms with E-state index in [9.17, 15) is 14.0 Å². The van der Waals surface area contributed by atoms with Gasteiger partial charge in [-0.25, -0.2) is 4.39 Å². The van der Waals surface area contributed by atoms with Crippen molar-refractivity contribution in [1.82, 2.24) is 4.57 Å². The first-order chi connectivity index (χ1) is 12.4. The van der Waals surface area contributed by atoms with Crippen molar-refractivity contribution in [1.29, 1.82) is 0 Å². The summed E-state index contributed by atoms with van der Waals surface area (Å²) in [5.74, 6) is -0.500. The Balaban J connectivity index is 2.01. The molecule has 0 aliphatic heterocycles. The first kappa shape index (κ1) is 16.8. The van der Waals surface area contributed by atoms with Crippen LogP contribution >= 0.6 is 0 Å². The van der Waals surface area contributed by atoms with E-state index in [4.69, 9.17) is 5.73 Å². The Labute approximate surface area is 150 Å². The van der Waals surface area contributed by atoms with Crippen LogP contribution < -0.4 is 11.3 Å². The molecule has 0 bridgehead atoms. The van der Waals surface area contributed by atoms with Crippen molar-refractivity contribution >= 4 is 27.6 Å². The zero-order valence-electron chi connectivity index (χ0n) is 14.7. The van der Waals surface area contributed by atoms with Gasteiger partial charge in [-0.3, -0.25) is 9.59 Å². The summed E-state index contributed by atoms with van der Waals surface area (Å²) in [4.78, 5) is 24.8. The van der Waals surface area contributed by atoms with Crippen molar-refractivity contribution in [2.75, 3.05) is 0 Å². The number of rotatable bonds is 2. The molecule has 4 nitrogen and oxygen atoms in total. The summed E-state index contributed by atoms with van der Waals surface area (Å²) in [5, 5.41) is 2.23. The van der Waals surface area contributed by atoms with Gasteiger partial charge in [0.15, 0.2) is 0 Å². The van der Waals surface area contributed by atoms with Gasteiger partial charge < -0.3 is 10.3 Å². The van der Waals surface area contributed by atoms with Crippen LogP contribution in [-0.2, 0) is 0 Å². The Morgan fingerprint density at radius 3 is 2.42 bits per heavy atom. The van der Waals surface area contributed by atoms with Gasteiger partial charge in [-0.1, -0.05) is 18.2 Å². The molecule has 1 amide bonds. The second-order valence-corrected chi connectivity index (χ2v) is 7.46. The Hall–Kier alpha value is -2.69. The maximum absolute atomic E-state index is 14.2. The van der Waals surface area contributed by atoms with E-state index in [-0.39, 0.29) is 11.6 Å². The van der Waals surface area contributed by atoms with E-state index < -0.39 is 11.6 Å². The second kappa shape index (κ2) is 5.94. The SMILES string of the molecule is CC1(F)CCC(n2c(=O)c3ccccc3c3cc(C(N)=O)ccc32)CC1. The van der Waals surface area contributed by atoms with E-state index in [1.54, 1.807) is 35.8 Å². The van der Waals surface area contributed by atoms with Crippen LogP contribution in [0.25, 0.3) is 21.7 Å². The molecule has 134 valence electrons. The number of benzene rings is 2. The van der Waals surface area contributed by atoms with Crippen LogP contribution in [0.15, 0.2) is 47.3 Å². The highest BCUT2D eigenvalue weighted by atomic mass is 19.1. The van der Waals surface area contributed by atoms with Gasteiger partial charge in [0.2, 0.25) is 5.91 Å². The minimum absolute atomic E-state index is 0.0436. The lowest BCUT2D eigenvalue weighted by Crippen LogP contribution is -2.32. The topological polar surface area (TPSA) is 65.1 Å². The van der Waals surface area contributed by atoms with Gasteiger partial charge in [-0.2, -0.15) is 0 Å². The quantitative estimate of drug-likeness (QED) is 0.706. The summed E-state index contributed by atoms with van der Waals surface area (Å²) >= 11 is 0. The van der Waals surface area contributed by atoms with Gasteiger partial charge >= 0.3 is 0 Å². The molecule has 5 heteroatoms. The Kier molecular flexibility index (Phi) is 3.83. The molecule has 1 heterocycles. The van der Waals surface area contributed by atoms with Crippen molar-refractivity contribution < 1.29 is 9.18 Å². The molecular weight excluding hydrogens is 331 g/mol. The van der Waals surface area contributed by atoms with Crippen LogP contribution in [0.2, 0.25) is 0 Å². The zero-order valence-corrected chi connectivity index (χ0v) is 14.7. The van der Waals surface area contributed by atoms with Crippen molar-refractivity contribution in [3.63, 3.8) is 0 Å². The van der Waals surface area contributed by atoms with Gasteiger partial charge in [0.25, 0.3) is 5.56 Å². The highest BCUT2D eigenvalue weighted by molar-refractivity contribution is 6.08. The monoisotopic (exact) mass is 352 g/mol. The third-order valence-corrected chi connectivity index (χ3v) is 5.57. The normalized spacial score (nSPS) is 23.4. The fraction of sp³-hybridized carbons (Fsp3) is 0.333. The highest BCUT2D eigenvalue weighted by Gasteiger charge is 2.32. The minimum atomic E-state index is -1.16. The molecule has 0 saturated heterocycles. The highest BCUT2D eigenvalue weighted by Crippen LogP contribution is 2.38. The van der Waals surface area contributed by atoms with Crippen molar-refractivity contribution in [3.05, 3.63) is 58.4 Å². The molecule has 0 atom stereocenters. The maximum Gasteiger partial charge on any atom is 0.259 e. The molecular formula is C21H21FN2O2. The van der Waals surface area contributed by atoms with E-state index in [1.165, 1.54) is 0 Å². The molecule has 3 aromatic rings. The standard InChI is InChI=1S/C21H21FN2O2/c1-21(22)10-8-14(9-11-21)24-18-7-6-13(19(23)25)12-17(18)15-4-2-3-5-16(15)20(24)26/h2-7,12,14H,8-11H2,1H3,(H2,23,25). The number of carbonyl (C=O) groups is 1. The molecule has 2 N–H and O–H groups in total. The molecule has 1 fully saturated rings. The van der Waals surface area contributed by atoms with Gasteiger partial charge in [-0.15, -0.1) is 0 Å². The molecule has 1 saturated carbocycles. The number of nitrogens with two attached hydrogens (primary N) is 1. The number of hydrogen-bond acceptors (Lipinski definition) is 2. The van der Waals surface area contributed by atoms with Crippen LogP contribution in [-0.4, -0.2) is 16.1 Å². The summed E-state index contributed by atoms with van der Waals surface area (Å²) in [6.45, 7) is 1.63. The van der Waals surface area contributed by atoms with Crippen LogP contribution in [0, 0.1) is 0 Å². The Morgan fingerprint density at radius 1 is 1.12 bits per heavy atom. The van der Waals surface area contributed by atoms with E-state index in [0.717, 1.165) is 16.3 Å². The number of primary amides is 1. The first-order valence-electron chi connectivity index (χ1n) is 8.93. The molecule has 1 aliphatic rings. The molecule has 0 radical (unpaired) electrons. The lowest BCUT2D eigenvalue weighted by molar-refractivity contribution is 0.0999. The van der Waals surface area contributed by atoms with Crippen molar-refractivity contribution in [2.45, 2.75) is 44.3 Å². The number of halogens is 1. The Morgan fingerprint density at radius 2 is 1.77 bits per heavy atom. The average Bonchev–Trinajstić information content (AvgIpc) is 2.63. The average molecular weight is 352 g/mol. The lowest BCUT2D eigenvalue weighted by atomic mass is 9.84. The maximum atomic E-state index is 14.2. The molecule has 26 heavy (non-hydrogen) atoms. The van der Waals surface area contributed by atoms with Crippen LogP contribution in [0.4, 0.5) is 4.39 Å². The number of aromatic nitrogens is 1. The fourth-order valence-corrected chi connectivity index (χ4v) is 4.08. The summed E-state index contributed by atoms with van der Waals surface area (Å²) in [6, 6.07) is 12.5. The van der Waals surface area contributed by atoms with Gasteiger partial charge in [0.1, 0.15) is 5.67 Å². The number of hydrogen-bond donors (Lipinski definition) is 1. The largest absolute Gasteiger partial charge is 0.366 e. The number of alkyl halides is 1. The molecule has 0 spiro atoms. The molecule has 0 unspecified atom stereocenters. The molecule has 1 aliphatic carbocycles. The van der Waals surface area contributed by atoms with Crippen LogP contribution in [0.3, 0.4) is 0 Å². The number of amides is 1. The molecule has 1 aromatic heterocycles. The Bertz CT molecular complexity index is 1070. The van der Waals surface area contributed by atoms with Gasteiger partial charge in [0, 0.05) is 22.4 Å². The van der Waals surface area contributed by atoms with Crippen LogP contribution in [0.5, 0.6) is 0 Å². The van der Waals surface area contributed by atoms with Gasteiger partial charge in [0.05, 0.1) is 5.52 Å². The zero-order chi connectivity index (χ0) is 18.5. The molecule has 4 rings (SSSR count). The predicted octanol–water partition coefficient (Wildman–Crippen LogP) is 4.10. The van der Waals surface area contributed by atoms with Gasteiger partial charge in [-0.05, 0) is 62.3 Å². The number of nitrogens with zero attached hydrogens (tertiary/aromatic N) is 1. The lowest BCUT2D eigenvalue weighted by Gasteiger charge is -2.33. The van der Waals surface area contributed by atoms with E-state index in [0.29, 0.717) is 36.6 Å². The van der Waals surface area contributed by atoms with E-state index >= 15 is 0 Å². The fourth-order valence-electron chi connectivity index (χ4n) is 4.08. The third-order valence-electron chi connectivity index (χ3n) is 5.57. The summed E-state index contributed by atoms with van der Waals surface area (Å²) in [5.41, 5.74) is 5.40. The number of fused-ring (bicyclic) bond motifs is 3. The third kappa shape index (κ3) is 2.68. The smallest absolute Gasteiger partial charge is 0.259 e. The first-order valence-corrected chi connectivity index (χ1v) is 8.93. The predicted molar refractivity (Wildman–Crippen MR) is 101 cm³/mol. The molecule has 2 aromatic carbocycles. The number of pyridine rings is 1. The second-order valence-electron chi connectivity index (χ2n) is 7.46. The summed E-state index contributed by atoms with van der Waals surface area (Å²) in [7, 11) is 0. The summed E-state index contributed by atoms with van der Waals surface area (Å²) < 4.78 is 16.0. The van der Waals surface area contributed by atoms with Crippen molar-refractivity contribution in [2.24, 2.45) is 5.73 Å². The van der Waals surface area contributed by atoms with Crippen LogP contribution in [0.1, 0.15) is 49.0 Å². The number of carbonyl (C=O) groups excluding carboxylic acids is 1.